The standard InChI is InChI=1S/C2H6NO2/c1-2-3(4)5/h4H,2H2,1H3/q-1. The van der Waals surface area contributed by atoms with Gasteiger partial charge in [0.1, 0.15) is 0 Å². The van der Waals surface area contributed by atoms with Crippen LogP contribution in [-0.2, 0) is 0 Å². The van der Waals surface area contributed by atoms with Crippen LogP contribution >= 0.6 is 0 Å². The van der Waals surface area contributed by atoms with Gasteiger partial charge < -0.3 is 10.4 Å². The Morgan fingerprint density at radius 2 is 2.20 bits per heavy atom. The molecule has 32 valence electrons. The first-order valence-corrected chi connectivity index (χ1v) is 1.41. The minimum absolute atomic E-state index is 0.125. The maximum atomic E-state index is 9.28. The zero-order valence-corrected chi connectivity index (χ0v) is 3.01. The lowest BCUT2D eigenvalue weighted by atomic mass is 10.8. The highest BCUT2D eigenvalue weighted by Crippen LogP contribution is 1.65. The summed E-state index contributed by atoms with van der Waals surface area (Å²) in [5, 5.41) is 16.8. The summed E-state index contributed by atoms with van der Waals surface area (Å²) in [6, 6.07) is 0. The lowest BCUT2D eigenvalue weighted by Gasteiger charge is -2.14. The van der Waals surface area contributed by atoms with Crippen LogP contribution in [0.25, 0.3) is 0 Å². The molecule has 0 atom stereocenters. The lowest BCUT2D eigenvalue weighted by molar-refractivity contribution is -0.0351. The van der Waals surface area contributed by atoms with Gasteiger partial charge in [0.05, 0.1) is 0 Å². The van der Waals surface area contributed by atoms with Crippen LogP contribution in [0.4, 0.5) is 0 Å². The molecule has 0 spiro atoms. The molecule has 3 heteroatoms. The topological polar surface area (TPSA) is 46.5 Å². The first-order chi connectivity index (χ1) is 2.27. The highest BCUT2D eigenvalue weighted by atomic mass is 16.8. The second-order valence-electron chi connectivity index (χ2n) is 0.668. The van der Waals surface area contributed by atoms with E-state index in [9.17, 15) is 5.21 Å². The van der Waals surface area contributed by atoms with Crippen LogP contribution in [-0.4, -0.2) is 17.0 Å². The van der Waals surface area contributed by atoms with Gasteiger partial charge >= 0.3 is 0 Å². The first kappa shape index (κ1) is 4.88. The van der Waals surface area contributed by atoms with Gasteiger partial charge in [-0.2, -0.15) is 0 Å². The van der Waals surface area contributed by atoms with Crippen molar-refractivity contribution in [2.75, 3.05) is 6.54 Å². The second-order valence-corrected chi connectivity index (χ2v) is 0.668. The van der Waals surface area contributed by atoms with Gasteiger partial charge in [0, 0.05) is 6.54 Å². The largest absolute Gasteiger partial charge is 0.762 e. The van der Waals surface area contributed by atoms with Gasteiger partial charge in [-0.05, 0) is 0 Å². The van der Waals surface area contributed by atoms with E-state index in [1.807, 2.05) is 0 Å². The van der Waals surface area contributed by atoms with Crippen LogP contribution in [0.2, 0.25) is 0 Å². The number of nitrogens with zero attached hydrogens (tertiary/aromatic N) is 1. The smallest absolute Gasteiger partial charge is 0.00752 e. The average molecular weight is 76.1 g/mol. The van der Waals surface area contributed by atoms with E-state index in [0.717, 1.165) is 0 Å². The van der Waals surface area contributed by atoms with E-state index in [-0.39, 0.29) is 11.8 Å². The van der Waals surface area contributed by atoms with Crippen LogP contribution in [0.15, 0.2) is 0 Å². The fourth-order valence-electron chi connectivity index (χ4n) is 0. The molecule has 0 aliphatic carbocycles. The number of hydroxylamine groups is 2. The van der Waals surface area contributed by atoms with E-state index in [1.165, 1.54) is 0 Å². The van der Waals surface area contributed by atoms with E-state index in [1.54, 1.807) is 6.92 Å². The molecule has 0 saturated heterocycles. The third-order valence-corrected chi connectivity index (χ3v) is 0.271. The molecule has 0 bridgehead atoms. The van der Waals surface area contributed by atoms with Crippen LogP contribution in [0.5, 0.6) is 0 Å². The second kappa shape index (κ2) is 2.14. The molecule has 0 amide bonds. The molecule has 0 radical (unpaired) electrons. The van der Waals surface area contributed by atoms with Gasteiger partial charge in [0.25, 0.3) is 0 Å². The zero-order chi connectivity index (χ0) is 4.28. The molecule has 0 unspecified atom stereocenters. The van der Waals surface area contributed by atoms with Gasteiger partial charge in [-0.1, -0.05) is 6.92 Å². The minimum atomic E-state index is -0.125. The predicted molar refractivity (Wildman–Crippen MR) is 17.5 cm³/mol. The molecule has 0 aliphatic heterocycles. The Kier molecular flexibility index (Phi) is 2.09. The average Bonchev–Trinajstić information content (AvgIpc) is 1.38. The van der Waals surface area contributed by atoms with Gasteiger partial charge in [-0.15, -0.1) is 0 Å². The van der Waals surface area contributed by atoms with Gasteiger partial charge in [0.15, 0.2) is 0 Å². The molecule has 3 nitrogen and oxygen atoms in total. The Hall–Kier alpha value is -0.120. The van der Waals surface area contributed by atoms with Gasteiger partial charge in [0.2, 0.25) is 0 Å². The number of hydrogen-bond acceptors (Lipinski definition) is 3. The van der Waals surface area contributed by atoms with Gasteiger partial charge in [-0.25, -0.2) is 0 Å². The first-order valence-electron chi connectivity index (χ1n) is 1.41. The van der Waals surface area contributed by atoms with Crippen molar-refractivity contribution in [3.05, 3.63) is 5.21 Å². The fourth-order valence-corrected chi connectivity index (χ4v) is 0. The summed E-state index contributed by atoms with van der Waals surface area (Å²) < 4.78 is 0. The summed E-state index contributed by atoms with van der Waals surface area (Å²) in [6.45, 7) is 1.70. The molecule has 0 aliphatic rings. The molecule has 0 heterocycles. The molecular formula is C2H6NO2-. The fraction of sp³-hybridized carbons (Fsp3) is 1.00. The van der Waals surface area contributed by atoms with Crippen molar-refractivity contribution in [2.24, 2.45) is 0 Å². The zero-order valence-electron chi connectivity index (χ0n) is 3.01. The van der Waals surface area contributed by atoms with Crippen LogP contribution in [0.1, 0.15) is 6.92 Å². The molecule has 0 saturated carbocycles. The Morgan fingerprint density at radius 1 is 2.00 bits per heavy atom. The Morgan fingerprint density at radius 3 is 2.20 bits per heavy atom. The molecule has 0 aromatic carbocycles. The molecule has 1 N–H and O–H groups in total. The number of rotatable bonds is 1. The highest BCUT2D eigenvalue weighted by Gasteiger charge is 1.63. The summed E-state index contributed by atoms with van der Waals surface area (Å²) in [6.07, 6.45) is 0. The van der Waals surface area contributed by atoms with Crippen molar-refractivity contribution < 1.29 is 5.21 Å². The van der Waals surface area contributed by atoms with Crippen molar-refractivity contribution in [3.8, 4) is 0 Å². The van der Waals surface area contributed by atoms with Crippen molar-refractivity contribution in [1.82, 2.24) is 5.23 Å². The Labute approximate surface area is 30.4 Å². The van der Waals surface area contributed by atoms with Crippen molar-refractivity contribution in [1.29, 1.82) is 0 Å². The van der Waals surface area contributed by atoms with E-state index >= 15 is 0 Å². The Balaban J connectivity index is 2.54. The van der Waals surface area contributed by atoms with Crippen molar-refractivity contribution >= 4 is 0 Å². The maximum absolute atomic E-state index is 9.28. The van der Waals surface area contributed by atoms with Crippen molar-refractivity contribution in [2.45, 2.75) is 6.92 Å². The summed E-state index contributed by atoms with van der Waals surface area (Å²) in [4.78, 5) is 0. The summed E-state index contributed by atoms with van der Waals surface area (Å²) >= 11 is 0. The van der Waals surface area contributed by atoms with E-state index in [4.69, 9.17) is 5.21 Å². The monoisotopic (exact) mass is 76.0 g/mol. The lowest BCUT2D eigenvalue weighted by Crippen LogP contribution is -2.07. The summed E-state index contributed by atoms with van der Waals surface area (Å²) in [7, 11) is 0. The van der Waals surface area contributed by atoms with Crippen molar-refractivity contribution in [3.63, 3.8) is 0 Å². The minimum Gasteiger partial charge on any atom is -0.762 e. The van der Waals surface area contributed by atoms with E-state index in [2.05, 4.69) is 0 Å². The summed E-state index contributed by atoms with van der Waals surface area (Å²) in [5.41, 5.74) is 0. The molecular weight excluding hydrogens is 70.0 g/mol. The van der Waals surface area contributed by atoms with E-state index < -0.39 is 0 Å². The van der Waals surface area contributed by atoms with E-state index in [0.29, 0.717) is 0 Å². The van der Waals surface area contributed by atoms with Crippen LogP contribution in [0.3, 0.4) is 0 Å². The third-order valence-electron chi connectivity index (χ3n) is 0.271. The molecule has 0 fully saturated rings. The predicted octanol–water partition coefficient (Wildman–Crippen LogP) is 0.195. The number of hydrogen-bond donors (Lipinski definition) is 1. The summed E-state index contributed by atoms with van der Waals surface area (Å²) in [5.74, 6) is 0. The van der Waals surface area contributed by atoms with Gasteiger partial charge in [-0.3, -0.25) is 5.23 Å². The quantitative estimate of drug-likeness (QED) is 0.453. The Bertz CT molecular complexity index is 21.6. The molecule has 0 aromatic heterocycles. The SMILES string of the molecule is CCN([O-])O. The van der Waals surface area contributed by atoms with Crippen LogP contribution in [0, 0.1) is 5.21 Å². The molecule has 5 heavy (non-hydrogen) atoms. The maximum Gasteiger partial charge on any atom is 0.00752 e. The molecule has 0 rings (SSSR count). The van der Waals surface area contributed by atoms with Crippen LogP contribution < -0.4 is 0 Å². The normalized spacial score (nSPS) is 9.60. The third kappa shape index (κ3) is 3.88. The highest BCUT2D eigenvalue weighted by molar-refractivity contribution is 4.28. The molecule has 0 aromatic rings.